The highest BCUT2D eigenvalue weighted by atomic mass is 32.1. The van der Waals surface area contributed by atoms with Crippen molar-refractivity contribution >= 4 is 28.7 Å². The number of ether oxygens (including phenoxy) is 1. The lowest BCUT2D eigenvalue weighted by atomic mass is 10.1. The zero-order valence-electron chi connectivity index (χ0n) is 19.4. The Balaban J connectivity index is 1.63. The van der Waals surface area contributed by atoms with Gasteiger partial charge < -0.3 is 15.4 Å². The molecule has 0 atom stereocenters. The largest absolute Gasteiger partial charge is 0.487 e. The van der Waals surface area contributed by atoms with Gasteiger partial charge in [-0.15, -0.1) is 11.3 Å². The number of nitrogen functional groups attached to an aromatic ring is 1. The maximum atomic E-state index is 13.4. The number of rotatable bonds is 8. The number of nitrogens with two attached hydrogens (primary N) is 1. The summed E-state index contributed by atoms with van der Waals surface area (Å²) >= 11 is 1.54. The van der Waals surface area contributed by atoms with Crippen LogP contribution >= 0.6 is 11.3 Å². The fourth-order valence-corrected chi connectivity index (χ4v) is 4.27. The molecule has 35 heavy (non-hydrogen) atoms. The number of amides is 1. The highest BCUT2D eigenvalue weighted by molar-refractivity contribution is 7.09. The second-order valence-corrected chi connectivity index (χ2v) is 8.85. The van der Waals surface area contributed by atoms with Gasteiger partial charge in [-0.3, -0.25) is 19.1 Å². The number of hydrogen-bond acceptors (Lipinski definition) is 7. The Hall–Kier alpha value is -4.18. The number of carbonyl (C=O) groups excluding carboxylic acids is 1. The zero-order chi connectivity index (χ0) is 24.9. The molecule has 0 aliphatic carbocycles. The van der Waals surface area contributed by atoms with Crippen molar-refractivity contribution in [1.29, 1.82) is 0 Å². The number of nitrogens with zero attached hydrogens (tertiary/aromatic N) is 3. The van der Waals surface area contributed by atoms with E-state index in [-0.39, 0.29) is 31.2 Å². The first-order chi connectivity index (χ1) is 16.9. The van der Waals surface area contributed by atoms with Crippen LogP contribution in [0.3, 0.4) is 0 Å². The summed E-state index contributed by atoms with van der Waals surface area (Å²) in [5.41, 5.74) is 6.80. The maximum Gasteiger partial charge on any atom is 0.330 e. The van der Waals surface area contributed by atoms with E-state index in [0.717, 1.165) is 16.3 Å². The molecule has 2 aromatic heterocycles. The number of anilines is 2. The van der Waals surface area contributed by atoms with Crippen molar-refractivity contribution in [2.24, 2.45) is 0 Å². The van der Waals surface area contributed by atoms with Gasteiger partial charge in [0.1, 0.15) is 18.2 Å². The third-order valence-electron chi connectivity index (χ3n) is 5.36. The van der Waals surface area contributed by atoms with E-state index in [1.54, 1.807) is 31.2 Å². The summed E-state index contributed by atoms with van der Waals surface area (Å²) in [4.78, 5) is 46.6. The molecular weight excluding hydrogens is 466 g/mol. The first kappa shape index (κ1) is 24.0. The van der Waals surface area contributed by atoms with Gasteiger partial charge >= 0.3 is 5.69 Å². The molecule has 0 aliphatic rings. The van der Waals surface area contributed by atoms with Crippen LogP contribution in [0.2, 0.25) is 0 Å². The van der Waals surface area contributed by atoms with Crippen molar-refractivity contribution in [2.45, 2.75) is 27.0 Å². The van der Waals surface area contributed by atoms with Crippen LogP contribution in [0.15, 0.2) is 69.6 Å². The van der Waals surface area contributed by atoms with Crippen LogP contribution in [0.1, 0.15) is 33.5 Å². The van der Waals surface area contributed by atoms with Gasteiger partial charge in [0.2, 0.25) is 0 Å². The second kappa shape index (κ2) is 10.4. The molecule has 0 unspecified atom stereocenters. The molecule has 0 radical (unpaired) electrons. The molecular formula is C25H25N5O4S. The minimum Gasteiger partial charge on any atom is -0.487 e. The molecule has 0 saturated heterocycles. The highest BCUT2D eigenvalue weighted by Crippen LogP contribution is 2.22. The molecule has 0 bridgehead atoms. The number of hydrogen-bond donors (Lipinski definition) is 2. The minimum atomic E-state index is -0.724. The van der Waals surface area contributed by atoms with E-state index in [4.69, 9.17) is 10.5 Å². The Labute approximate surface area is 205 Å². The van der Waals surface area contributed by atoms with E-state index in [2.05, 4.69) is 9.97 Å². The third kappa shape index (κ3) is 5.33. The molecule has 0 fully saturated rings. The minimum absolute atomic E-state index is 0.0719. The summed E-state index contributed by atoms with van der Waals surface area (Å²) in [6, 6.07) is 15.9. The van der Waals surface area contributed by atoms with E-state index >= 15 is 0 Å². The number of nitrogens with one attached hydrogen (secondary N) is 1. The van der Waals surface area contributed by atoms with Gasteiger partial charge in [0.05, 0.1) is 17.2 Å². The quantitative estimate of drug-likeness (QED) is 0.390. The van der Waals surface area contributed by atoms with Crippen molar-refractivity contribution in [3.8, 4) is 5.75 Å². The predicted molar refractivity (Wildman–Crippen MR) is 136 cm³/mol. The molecule has 4 aromatic rings. The van der Waals surface area contributed by atoms with Crippen LogP contribution in [0.25, 0.3) is 0 Å². The number of thiazole rings is 1. The molecule has 9 nitrogen and oxygen atoms in total. The van der Waals surface area contributed by atoms with Gasteiger partial charge in [0, 0.05) is 17.5 Å². The molecule has 0 aliphatic heterocycles. The average molecular weight is 492 g/mol. The van der Waals surface area contributed by atoms with Crippen molar-refractivity contribution in [2.75, 3.05) is 17.2 Å². The number of H-pyrrole nitrogens is 1. The van der Waals surface area contributed by atoms with Crippen LogP contribution in [0.4, 0.5) is 11.5 Å². The summed E-state index contributed by atoms with van der Waals surface area (Å²) in [5.74, 6) is -0.0258. The maximum absolute atomic E-state index is 13.4. The highest BCUT2D eigenvalue weighted by Gasteiger charge is 2.24. The van der Waals surface area contributed by atoms with E-state index in [0.29, 0.717) is 11.3 Å². The smallest absolute Gasteiger partial charge is 0.330 e. The Bertz CT molecular complexity index is 1460. The molecule has 180 valence electrons. The van der Waals surface area contributed by atoms with Crippen LogP contribution < -0.4 is 26.6 Å². The van der Waals surface area contributed by atoms with Crippen LogP contribution in [-0.4, -0.2) is 27.0 Å². The van der Waals surface area contributed by atoms with E-state index in [1.807, 2.05) is 42.6 Å². The van der Waals surface area contributed by atoms with Gasteiger partial charge in [-0.1, -0.05) is 36.4 Å². The van der Waals surface area contributed by atoms with Crippen molar-refractivity contribution in [1.82, 2.24) is 14.5 Å². The normalized spacial score (nSPS) is 10.8. The summed E-state index contributed by atoms with van der Waals surface area (Å²) in [5, 5.41) is 2.87. The van der Waals surface area contributed by atoms with E-state index in [9.17, 15) is 14.4 Å². The molecule has 3 N–H and O–H groups in total. The lowest BCUT2D eigenvalue weighted by Crippen LogP contribution is -2.41. The SMILES string of the molecule is CCN(C(=O)c1cccc(OCc2csc(C)n2)c1)c1c(N)n(Cc2ccccc2)c(=O)[nH]c1=O. The first-order valence-corrected chi connectivity index (χ1v) is 11.9. The number of aromatic nitrogens is 3. The van der Waals surface area contributed by atoms with Crippen LogP contribution in [0.5, 0.6) is 5.75 Å². The molecule has 2 aromatic carbocycles. The Morgan fingerprint density at radius 2 is 1.94 bits per heavy atom. The Morgan fingerprint density at radius 1 is 1.17 bits per heavy atom. The number of aromatic amines is 1. The topological polar surface area (TPSA) is 123 Å². The Morgan fingerprint density at radius 3 is 2.63 bits per heavy atom. The fraction of sp³-hybridized carbons (Fsp3) is 0.200. The molecule has 10 heteroatoms. The number of benzene rings is 2. The van der Waals surface area contributed by atoms with E-state index < -0.39 is 17.2 Å². The van der Waals surface area contributed by atoms with Crippen molar-refractivity contribution in [3.05, 3.63) is 103 Å². The molecule has 4 rings (SSSR count). The van der Waals surface area contributed by atoms with Crippen LogP contribution in [0, 0.1) is 6.92 Å². The predicted octanol–water partition coefficient (Wildman–Crippen LogP) is 3.18. The molecule has 2 heterocycles. The third-order valence-corrected chi connectivity index (χ3v) is 6.19. The molecule has 1 amide bonds. The Kier molecular flexibility index (Phi) is 7.11. The lowest BCUT2D eigenvalue weighted by molar-refractivity contribution is 0.0987. The second-order valence-electron chi connectivity index (χ2n) is 7.79. The van der Waals surface area contributed by atoms with Gasteiger partial charge in [0.25, 0.3) is 11.5 Å². The average Bonchev–Trinajstić information content (AvgIpc) is 3.28. The standard InChI is InChI=1S/C25H25N5O4S/c1-3-29(21-22(26)30(25(33)28-23(21)31)13-17-8-5-4-6-9-17)24(32)18-10-7-11-20(12-18)34-14-19-15-35-16(2)27-19/h4-12,15H,3,13-14,26H2,1-2H3,(H,28,31,33). The zero-order valence-corrected chi connectivity index (χ0v) is 20.2. The fourth-order valence-electron chi connectivity index (χ4n) is 3.67. The molecule has 0 spiro atoms. The summed E-state index contributed by atoms with van der Waals surface area (Å²) in [7, 11) is 0. The van der Waals surface area contributed by atoms with Crippen molar-refractivity contribution in [3.63, 3.8) is 0 Å². The van der Waals surface area contributed by atoms with E-state index in [1.165, 1.54) is 20.8 Å². The number of aryl methyl sites for hydroxylation is 1. The summed E-state index contributed by atoms with van der Waals surface area (Å²) in [6.07, 6.45) is 0. The first-order valence-electron chi connectivity index (χ1n) is 11.0. The molecule has 0 saturated carbocycles. The monoisotopic (exact) mass is 491 g/mol. The van der Waals surface area contributed by atoms with Crippen LogP contribution in [-0.2, 0) is 13.2 Å². The number of carbonyl (C=O) groups is 1. The van der Waals surface area contributed by atoms with Gasteiger partial charge in [-0.05, 0) is 37.6 Å². The van der Waals surface area contributed by atoms with Crippen molar-refractivity contribution < 1.29 is 9.53 Å². The van der Waals surface area contributed by atoms with Gasteiger partial charge in [-0.25, -0.2) is 9.78 Å². The summed E-state index contributed by atoms with van der Waals surface area (Å²) in [6.45, 7) is 4.24. The van der Waals surface area contributed by atoms with Gasteiger partial charge in [-0.2, -0.15) is 0 Å². The summed E-state index contributed by atoms with van der Waals surface area (Å²) < 4.78 is 7.05. The van der Waals surface area contributed by atoms with Gasteiger partial charge in [0.15, 0.2) is 5.69 Å². The lowest BCUT2D eigenvalue weighted by Gasteiger charge is -2.23.